The molecule has 1 atom stereocenters. The summed E-state index contributed by atoms with van der Waals surface area (Å²) in [6, 6.07) is 25.4. The van der Waals surface area contributed by atoms with Gasteiger partial charge in [0, 0.05) is 19.6 Å². The van der Waals surface area contributed by atoms with Crippen molar-refractivity contribution < 1.29 is 22.8 Å². The van der Waals surface area contributed by atoms with Gasteiger partial charge in [0.2, 0.25) is 0 Å². The summed E-state index contributed by atoms with van der Waals surface area (Å²) in [5.41, 5.74) is 2.52. The van der Waals surface area contributed by atoms with Crippen molar-refractivity contribution in [1.82, 2.24) is 4.90 Å². The molecule has 4 rings (SSSR count). The second-order valence-electron chi connectivity index (χ2n) is 7.28. The van der Waals surface area contributed by atoms with E-state index >= 15 is 0 Å². The Morgan fingerprint density at radius 3 is 2.10 bits per heavy atom. The molecule has 1 fully saturated rings. The molecular formula is C24H27NO5S. The van der Waals surface area contributed by atoms with Crippen molar-refractivity contribution in [2.24, 2.45) is 0 Å². The number of phenolic OH excluding ortho intramolecular Hbond substituents is 1. The van der Waals surface area contributed by atoms with E-state index in [1.165, 1.54) is 17.7 Å². The zero-order chi connectivity index (χ0) is 22.1. The molecule has 1 aliphatic rings. The van der Waals surface area contributed by atoms with E-state index in [-0.39, 0.29) is 11.0 Å². The third-order valence-electron chi connectivity index (χ3n) is 5.02. The maximum absolute atomic E-state index is 10.4. The van der Waals surface area contributed by atoms with Crippen LogP contribution in [-0.4, -0.2) is 49.2 Å². The number of nitrogens with zero attached hydrogens (tertiary/aromatic N) is 1. The van der Waals surface area contributed by atoms with E-state index in [4.69, 9.17) is 9.29 Å². The summed E-state index contributed by atoms with van der Waals surface area (Å²) < 4.78 is 35.1. The Labute approximate surface area is 183 Å². The topological polar surface area (TPSA) is 87.1 Å². The van der Waals surface area contributed by atoms with E-state index in [2.05, 4.69) is 35.2 Å². The van der Waals surface area contributed by atoms with Crippen LogP contribution in [0, 0.1) is 0 Å². The highest BCUT2D eigenvalue weighted by Crippen LogP contribution is 2.24. The van der Waals surface area contributed by atoms with Crippen LogP contribution in [0.1, 0.15) is 17.2 Å². The fourth-order valence-electron chi connectivity index (χ4n) is 3.32. The zero-order valence-electron chi connectivity index (χ0n) is 17.2. The van der Waals surface area contributed by atoms with Crippen molar-refractivity contribution in [3.05, 3.63) is 96.1 Å². The number of ether oxygens (including phenoxy) is 1. The normalized spacial score (nSPS) is 16.9. The molecule has 3 aromatic rings. The summed E-state index contributed by atoms with van der Waals surface area (Å²) >= 11 is 0. The van der Waals surface area contributed by atoms with Crippen LogP contribution in [-0.2, 0) is 21.3 Å². The molecular weight excluding hydrogens is 414 g/mol. The van der Waals surface area contributed by atoms with Gasteiger partial charge in [0.15, 0.2) is 0 Å². The van der Waals surface area contributed by atoms with Crippen LogP contribution in [0.15, 0.2) is 89.8 Å². The lowest BCUT2D eigenvalue weighted by molar-refractivity contribution is -0.0295. The second-order valence-corrected chi connectivity index (χ2v) is 8.70. The van der Waals surface area contributed by atoms with Crippen molar-refractivity contribution in [1.29, 1.82) is 0 Å². The Bertz CT molecular complexity index is 1020. The quantitative estimate of drug-likeness (QED) is 0.583. The van der Waals surface area contributed by atoms with Crippen molar-refractivity contribution in [2.45, 2.75) is 17.4 Å². The maximum atomic E-state index is 10.4. The first-order valence-corrected chi connectivity index (χ1v) is 11.5. The molecule has 0 saturated carbocycles. The van der Waals surface area contributed by atoms with Gasteiger partial charge in [-0.2, -0.15) is 8.42 Å². The van der Waals surface area contributed by atoms with E-state index in [0.29, 0.717) is 5.75 Å². The monoisotopic (exact) mass is 441 g/mol. The van der Waals surface area contributed by atoms with E-state index in [9.17, 15) is 13.5 Å². The number of hydrogen-bond acceptors (Lipinski definition) is 5. The lowest BCUT2D eigenvalue weighted by Crippen LogP contribution is -2.39. The third kappa shape index (κ3) is 7.48. The molecule has 0 spiro atoms. The van der Waals surface area contributed by atoms with Gasteiger partial charge in [0.25, 0.3) is 10.1 Å². The van der Waals surface area contributed by atoms with Crippen LogP contribution in [0.3, 0.4) is 0 Å². The summed E-state index contributed by atoms with van der Waals surface area (Å²) in [6.45, 7) is 3.72. The van der Waals surface area contributed by atoms with Gasteiger partial charge in [0.1, 0.15) is 5.75 Å². The molecule has 31 heavy (non-hydrogen) atoms. The highest BCUT2D eigenvalue weighted by molar-refractivity contribution is 7.85. The van der Waals surface area contributed by atoms with E-state index in [0.717, 1.165) is 38.2 Å². The lowest BCUT2D eigenvalue weighted by Gasteiger charge is -2.33. The van der Waals surface area contributed by atoms with Crippen LogP contribution >= 0.6 is 0 Å². The van der Waals surface area contributed by atoms with Crippen molar-refractivity contribution in [3.8, 4) is 5.75 Å². The molecule has 1 aliphatic heterocycles. The van der Waals surface area contributed by atoms with Gasteiger partial charge in [-0.1, -0.05) is 60.7 Å². The summed E-state index contributed by atoms with van der Waals surface area (Å²) in [5, 5.41) is 9.37. The smallest absolute Gasteiger partial charge is 0.294 e. The summed E-state index contributed by atoms with van der Waals surface area (Å²) in [5.74, 6) is 0.301. The number of morpholine rings is 1. The van der Waals surface area contributed by atoms with Gasteiger partial charge < -0.3 is 9.84 Å². The molecule has 1 heterocycles. The van der Waals surface area contributed by atoms with Gasteiger partial charge in [-0.05, 0) is 41.8 Å². The van der Waals surface area contributed by atoms with Crippen LogP contribution in [0.5, 0.6) is 5.75 Å². The van der Waals surface area contributed by atoms with Crippen LogP contribution in [0.2, 0.25) is 0 Å². The van der Waals surface area contributed by atoms with Gasteiger partial charge >= 0.3 is 0 Å². The molecule has 0 aliphatic carbocycles. The number of benzene rings is 3. The molecule has 1 saturated heterocycles. The highest BCUT2D eigenvalue weighted by atomic mass is 32.2. The minimum Gasteiger partial charge on any atom is -0.508 e. The number of phenols is 1. The minimum atomic E-state index is -4.00. The Morgan fingerprint density at radius 1 is 0.903 bits per heavy atom. The summed E-state index contributed by atoms with van der Waals surface area (Å²) in [7, 11) is -4.00. The van der Waals surface area contributed by atoms with Gasteiger partial charge in [-0.15, -0.1) is 0 Å². The summed E-state index contributed by atoms with van der Waals surface area (Å²) in [4.78, 5) is 2.38. The van der Waals surface area contributed by atoms with E-state index in [1.807, 2.05) is 12.1 Å². The van der Waals surface area contributed by atoms with Gasteiger partial charge in [-0.3, -0.25) is 9.45 Å². The first kappa shape index (κ1) is 23.0. The second kappa shape index (κ2) is 11.1. The largest absolute Gasteiger partial charge is 0.508 e. The molecule has 3 aromatic carbocycles. The van der Waals surface area contributed by atoms with Crippen LogP contribution in [0.4, 0.5) is 0 Å². The predicted molar refractivity (Wildman–Crippen MR) is 120 cm³/mol. The molecule has 164 valence electrons. The Morgan fingerprint density at radius 2 is 1.52 bits per heavy atom. The minimum absolute atomic E-state index is 0.0741. The molecule has 0 bridgehead atoms. The lowest BCUT2D eigenvalue weighted by atomic mass is 10.1. The van der Waals surface area contributed by atoms with Crippen molar-refractivity contribution in [2.75, 3.05) is 26.2 Å². The predicted octanol–water partition coefficient (Wildman–Crippen LogP) is 3.94. The van der Waals surface area contributed by atoms with E-state index in [1.54, 1.807) is 30.3 Å². The molecule has 0 amide bonds. The zero-order valence-corrected chi connectivity index (χ0v) is 18.0. The molecule has 0 unspecified atom stereocenters. The third-order valence-corrected chi connectivity index (χ3v) is 5.88. The fourth-order valence-corrected chi connectivity index (χ4v) is 3.82. The first-order valence-electron chi connectivity index (χ1n) is 10.1. The first-order chi connectivity index (χ1) is 14.9. The average molecular weight is 442 g/mol. The van der Waals surface area contributed by atoms with Gasteiger partial charge in [-0.25, -0.2) is 0 Å². The SMILES string of the molecule is O=S(=O)(O)c1ccccc1.Oc1ccc([C@H]2CN(CCc3ccccc3)CCO2)cc1. The van der Waals surface area contributed by atoms with Gasteiger partial charge in [0.05, 0.1) is 17.6 Å². The number of rotatable bonds is 5. The Hall–Kier alpha value is -2.71. The molecule has 0 aromatic heterocycles. The standard InChI is InChI=1S/C18H21NO2.C6H6O3S/c20-17-8-6-16(7-9-17)18-14-19(12-13-21-18)11-10-15-4-2-1-3-5-15;7-10(8,9)6-4-2-1-3-5-6/h1-9,18,20H,10-14H2;1-5H,(H,7,8,9)/t18-;/m1./s1. The van der Waals surface area contributed by atoms with Crippen LogP contribution < -0.4 is 0 Å². The fraction of sp³-hybridized carbons (Fsp3) is 0.250. The number of aromatic hydroxyl groups is 1. The Balaban J connectivity index is 0.000000229. The highest BCUT2D eigenvalue weighted by Gasteiger charge is 2.21. The molecule has 2 N–H and O–H groups in total. The van der Waals surface area contributed by atoms with Crippen molar-refractivity contribution in [3.63, 3.8) is 0 Å². The number of hydrogen-bond donors (Lipinski definition) is 2. The van der Waals surface area contributed by atoms with Crippen molar-refractivity contribution >= 4 is 10.1 Å². The van der Waals surface area contributed by atoms with Crippen LogP contribution in [0.25, 0.3) is 0 Å². The summed E-state index contributed by atoms with van der Waals surface area (Å²) in [6.07, 6.45) is 1.18. The average Bonchev–Trinajstić information content (AvgIpc) is 2.80. The maximum Gasteiger partial charge on any atom is 0.294 e. The molecule has 6 nitrogen and oxygen atoms in total. The van der Waals surface area contributed by atoms with E-state index < -0.39 is 10.1 Å². The molecule has 0 radical (unpaired) electrons. The Kier molecular flexibility index (Phi) is 8.20. The molecule has 7 heteroatoms.